The zero-order chi connectivity index (χ0) is 14.2. The molecule has 1 aliphatic rings. The van der Waals surface area contributed by atoms with Crippen molar-refractivity contribution >= 4 is 23.2 Å². The van der Waals surface area contributed by atoms with E-state index in [4.69, 9.17) is 5.11 Å². The highest BCUT2D eigenvalue weighted by Crippen LogP contribution is 2.58. The van der Waals surface area contributed by atoms with Gasteiger partial charge in [0.25, 0.3) is 0 Å². The molecule has 1 aliphatic carbocycles. The Morgan fingerprint density at radius 2 is 2.16 bits per heavy atom. The number of rotatable bonds is 5. The SMILES string of the molecule is CCC(NC(=O)[C@@H]1[C@H](C(=O)O)C1(C)C)c1cccs1. The van der Waals surface area contributed by atoms with Crippen molar-refractivity contribution in [3.05, 3.63) is 22.4 Å². The van der Waals surface area contributed by atoms with Crippen molar-refractivity contribution in [3.63, 3.8) is 0 Å². The number of hydrogen-bond donors (Lipinski definition) is 2. The van der Waals surface area contributed by atoms with Crippen LogP contribution in [-0.2, 0) is 9.59 Å². The maximum absolute atomic E-state index is 12.2. The Kier molecular flexibility index (Phi) is 3.67. The molecule has 1 aromatic heterocycles. The van der Waals surface area contributed by atoms with Gasteiger partial charge in [-0.25, -0.2) is 0 Å². The first-order valence-corrected chi connectivity index (χ1v) is 7.34. The van der Waals surface area contributed by atoms with Gasteiger partial charge in [0.15, 0.2) is 0 Å². The van der Waals surface area contributed by atoms with E-state index in [-0.39, 0.29) is 11.9 Å². The first-order chi connectivity index (χ1) is 8.89. The zero-order valence-electron chi connectivity index (χ0n) is 11.3. The van der Waals surface area contributed by atoms with Gasteiger partial charge in [-0.15, -0.1) is 11.3 Å². The number of carboxylic acid groups (broad SMARTS) is 1. The summed E-state index contributed by atoms with van der Waals surface area (Å²) >= 11 is 1.61. The Labute approximate surface area is 116 Å². The highest BCUT2D eigenvalue weighted by atomic mass is 32.1. The molecule has 0 radical (unpaired) electrons. The van der Waals surface area contributed by atoms with Gasteiger partial charge in [0.1, 0.15) is 0 Å². The molecule has 2 rings (SSSR count). The normalized spacial score (nSPS) is 25.6. The summed E-state index contributed by atoms with van der Waals surface area (Å²) in [5.74, 6) is -2.00. The lowest BCUT2D eigenvalue weighted by Crippen LogP contribution is -2.30. The number of carboxylic acids is 1. The van der Waals surface area contributed by atoms with Crippen LogP contribution in [-0.4, -0.2) is 17.0 Å². The molecule has 3 atom stereocenters. The molecular formula is C14H19NO3S. The van der Waals surface area contributed by atoms with Gasteiger partial charge in [0.2, 0.25) is 5.91 Å². The van der Waals surface area contributed by atoms with Crippen LogP contribution in [0.25, 0.3) is 0 Å². The van der Waals surface area contributed by atoms with Gasteiger partial charge in [0.05, 0.1) is 17.9 Å². The highest BCUT2D eigenvalue weighted by Gasteiger charge is 2.65. The summed E-state index contributed by atoms with van der Waals surface area (Å²) in [6.07, 6.45) is 0.803. The van der Waals surface area contributed by atoms with E-state index in [1.165, 1.54) is 0 Å². The minimum atomic E-state index is -0.880. The van der Waals surface area contributed by atoms with E-state index in [9.17, 15) is 9.59 Å². The van der Waals surface area contributed by atoms with Crippen molar-refractivity contribution in [2.45, 2.75) is 33.2 Å². The molecule has 1 unspecified atom stereocenters. The fourth-order valence-electron chi connectivity index (χ4n) is 2.71. The molecule has 19 heavy (non-hydrogen) atoms. The van der Waals surface area contributed by atoms with Crippen LogP contribution >= 0.6 is 11.3 Å². The van der Waals surface area contributed by atoms with E-state index in [1.807, 2.05) is 38.3 Å². The largest absolute Gasteiger partial charge is 0.481 e. The first kappa shape index (κ1) is 14.1. The summed E-state index contributed by atoms with van der Waals surface area (Å²) in [6.45, 7) is 5.68. The summed E-state index contributed by atoms with van der Waals surface area (Å²) in [4.78, 5) is 24.4. The second-order valence-electron chi connectivity index (χ2n) is 5.60. The average molecular weight is 281 g/mol. The molecule has 0 bridgehead atoms. The minimum Gasteiger partial charge on any atom is -0.481 e. The second kappa shape index (κ2) is 4.96. The van der Waals surface area contributed by atoms with Crippen LogP contribution in [0.5, 0.6) is 0 Å². The number of carbonyl (C=O) groups is 2. The number of carbonyl (C=O) groups excluding carboxylic acids is 1. The molecule has 1 saturated carbocycles. The molecule has 1 fully saturated rings. The van der Waals surface area contributed by atoms with Crippen LogP contribution in [0.2, 0.25) is 0 Å². The Hall–Kier alpha value is -1.36. The van der Waals surface area contributed by atoms with Crippen molar-refractivity contribution < 1.29 is 14.7 Å². The van der Waals surface area contributed by atoms with Crippen molar-refractivity contribution in [3.8, 4) is 0 Å². The molecule has 0 spiro atoms. The van der Waals surface area contributed by atoms with E-state index in [2.05, 4.69) is 5.32 Å². The summed E-state index contributed by atoms with van der Waals surface area (Å²) in [5.41, 5.74) is -0.441. The standard InChI is InChI=1S/C14H19NO3S/c1-4-8(9-6-5-7-19-9)15-12(16)10-11(13(17)18)14(10,2)3/h5-8,10-11H,4H2,1-3H3,(H,15,16)(H,17,18)/t8?,10-,11+/m0/s1. The van der Waals surface area contributed by atoms with Gasteiger partial charge >= 0.3 is 5.97 Å². The smallest absolute Gasteiger partial charge is 0.307 e. The Morgan fingerprint density at radius 3 is 2.58 bits per heavy atom. The third kappa shape index (κ3) is 2.52. The number of hydrogen-bond acceptors (Lipinski definition) is 3. The number of amides is 1. The van der Waals surface area contributed by atoms with E-state index in [0.29, 0.717) is 0 Å². The highest BCUT2D eigenvalue weighted by molar-refractivity contribution is 7.10. The van der Waals surface area contributed by atoms with E-state index in [1.54, 1.807) is 11.3 Å². The van der Waals surface area contributed by atoms with Crippen LogP contribution in [0.3, 0.4) is 0 Å². The third-order valence-corrected chi connectivity index (χ3v) is 4.97. The second-order valence-corrected chi connectivity index (χ2v) is 6.58. The van der Waals surface area contributed by atoms with E-state index < -0.39 is 23.2 Å². The fraction of sp³-hybridized carbons (Fsp3) is 0.571. The van der Waals surface area contributed by atoms with Crippen molar-refractivity contribution in [1.82, 2.24) is 5.32 Å². The minimum absolute atomic E-state index is 0.0154. The molecule has 1 heterocycles. The van der Waals surface area contributed by atoms with Gasteiger partial charge in [-0.1, -0.05) is 26.8 Å². The maximum atomic E-state index is 12.2. The van der Waals surface area contributed by atoms with Crippen molar-refractivity contribution in [1.29, 1.82) is 0 Å². The molecule has 0 aliphatic heterocycles. The molecule has 1 amide bonds. The summed E-state index contributed by atoms with van der Waals surface area (Å²) in [6, 6.07) is 3.93. The van der Waals surface area contributed by atoms with Gasteiger partial charge in [-0.2, -0.15) is 0 Å². The van der Waals surface area contributed by atoms with Gasteiger partial charge < -0.3 is 10.4 Å². The number of thiophene rings is 1. The van der Waals surface area contributed by atoms with Gasteiger partial charge in [-0.05, 0) is 23.3 Å². The molecule has 0 saturated heterocycles. The maximum Gasteiger partial charge on any atom is 0.307 e. The first-order valence-electron chi connectivity index (χ1n) is 6.46. The predicted molar refractivity (Wildman–Crippen MR) is 73.9 cm³/mol. The van der Waals surface area contributed by atoms with Crippen LogP contribution in [0.1, 0.15) is 38.1 Å². The zero-order valence-corrected chi connectivity index (χ0v) is 12.2. The van der Waals surface area contributed by atoms with Crippen LogP contribution < -0.4 is 5.32 Å². The Balaban J connectivity index is 2.04. The summed E-state index contributed by atoms with van der Waals surface area (Å²) in [5, 5.41) is 14.1. The van der Waals surface area contributed by atoms with Crippen LogP contribution in [0, 0.1) is 17.3 Å². The fourth-order valence-corrected chi connectivity index (χ4v) is 3.57. The molecule has 0 aromatic carbocycles. The van der Waals surface area contributed by atoms with Crippen molar-refractivity contribution in [2.75, 3.05) is 0 Å². The van der Waals surface area contributed by atoms with E-state index in [0.717, 1.165) is 11.3 Å². The van der Waals surface area contributed by atoms with Gasteiger partial charge in [-0.3, -0.25) is 9.59 Å². The lowest BCUT2D eigenvalue weighted by Gasteiger charge is -2.16. The molecule has 2 N–H and O–H groups in total. The average Bonchev–Trinajstić information content (AvgIpc) is 2.74. The number of nitrogens with one attached hydrogen (secondary N) is 1. The van der Waals surface area contributed by atoms with Crippen molar-refractivity contribution in [2.24, 2.45) is 17.3 Å². The molecule has 1 aromatic rings. The summed E-state index contributed by atoms with van der Waals surface area (Å²) < 4.78 is 0. The third-order valence-electron chi connectivity index (χ3n) is 3.99. The Bertz CT molecular complexity index is 481. The quantitative estimate of drug-likeness (QED) is 0.872. The Morgan fingerprint density at radius 1 is 1.47 bits per heavy atom. The van der Waals surface area contributed by atoms with Crippen LogP contribution in [0.4, 0.5) is 0 Å². The lowest BCUT2D eigenvalue weighted by molar-refractivity contribution is -0.140. The molecular weight excluding hydrogens is 262 g/mol. The van der Waals surface area contributed by atoms with Gasteiger partial charge in [0, 0.05) is 4.88 Å². The molecule has 5 heteroatoms. The topological polar surface area (TPSA) is 66.4 Å². The summed E-state index contributed by atoms with van der Waals surface area (Å²) in [7, 11) is 0. The predicted octanol–water partition coefficient (Wildman–Crippen LogP) is 2.67. The number of aliphatic carboxylic acids is 1. The lowest BCUT2D eigenvalue weighted by atomic mass is 10.1. The van der Waals surface area contributed by atoms with Crippen LogP contribution in [0.15, 0.2) is 17.5 Å². The molecule has 4 nitrogen and oxygen atoms in total. The van der Waals surface area contributed by atoms with E-state index >= 15 is 0 Å². The molecule has 104 valence electrons. The monoisotopic (exact) mass is 281 g/mol.